The van der Waals surface area contributed by atoms with E-state index < -0.39 is 12.1 Å². The molecule has 6 heteroatoms. The number of aromatic nitrogens is 2. The minimum atomic E-state index is -1.31. The van der Waals surface area contributed by atoms with Crippen LogP contribution in [0.2, 0.25) is 0 Å². The number of carbonyl (C=O) groups is 1. The number of rotatable bonds is 6. The highest BCUT2D eigenvalue weighted by molar-refractivity contribution is 5.89. The number of carbonyl (C=O) groups excluding carboxylic acids is 1. The van der Waals surface area contributed by atoms with Gasteiger partial charge in [0, 0.05) is 5.56 Å². The first kappa shape index (κ1) is 15.1. The highest BCUT2D eigenvalue weighted by Gasteiger charge is 2.11. The quantitative estimate of drug-likeness (QED) is 0.729. The fourth-order valence-corrected chi connectivity index (χ4v) is 2.38. The zero-order valence-corrected chi connectivity index (χ0v) is 12.3. The number of nitrogens with zero attached hydrogens (tertiary/aromatic N) is 2. The second kappa shape index (κ2) is 6.50. The Morgan fingerprint density at radius 3 is 2.78 bits per heavy atom. The summed E-state index contributed by atoms with van der Waals surface area (Å²) in [5, 5.41) is 21.1. The zero-order valence-electron chi connectivity index (χ0n) is 12.3. The molecule has 2 aromatic carbocycles. The summed E-state index contributed by atoms with van der Waals surface area (Å²) in [4.78, 5) is 15.3. The lowest BCUT2D eigenvalue weighted by Gasteiger charge is -2.16. The van der Waals surface area contributed by atoms with Crippen molar-refractivity contribution in [1.82, 2.24) is 9.55 Å². The third kappa shape index (κ3) is 3.32. The number of hydrogen-bond donors (Lipinski definition) is 1. The van der Waals surface area contributed by atoms with E-state index >= 15 is 0 Å². The Bertz CT molecular complexity index is 828. The third-order valence-corrected chi connectivity index (χ3v) is 3.47. The standard InChI is InChI=1S/C17H16N2O4/c20-12(9-19-11-18-14-6-2-3-7-15(14)19)10-23-16-8-4-1-5-13(16)17(21)22/h1-8,11-12,20H,9-10H2,(H,21,22)/p-1. The summed E-state index contributed by atoms with van der Waals surface area (Å²) in [5.41, 5.74) is 1.73. The molecule has 1 N–H and O–H groups in total. The van der Waals surface area contributed by atoms with Crippen molar-refractivity contribution in [2.24, 2.45) is 0 Å². The predicted molar refractivity (Wildman–Crippen MR) is 82.0 cm³/mol. The molecular weight excluding hydrogens is 296 g/mol. The van der Waals surface area contributed by atoms with Crippen LogP contribution < -0.4 is 9.84 Å². The number of hydrogen-bond acceptors (Lipinski definition) is 5. The number of fused-ring (bicyclic) bond motifs is 1. The van der Waals surface area contributed by atoms with Gasteiger partial charge in [0.05, 0.1) is 29.9 Å². The number of aromatic carboxylic acids is 1. The lowest BCUT2D eigenvalue weighted by molar-refractivity contribution is -0.255. The number of imidazole rings is 1. The Balaban J connectivity index is 1.66. The van der Waals surface area contributed by atoms with Crippen LogP contribution in [0.1, 0.15) is 10.4 Å². The van der Waals surface area contributed by atoms with Crippen molar-refractivity contribution in [2.75, 3.05) is 6.61 Å². The number of benzene rings is 2. The van der Waals surface area contributed by atoms with Crippen molar-refractivity contribution in [2.45, 2.75) is 12.6 Å². The number of aliphatic hydroxyl groups excluding tert-OH is 1. The van der Waals surface area contributed by atoms with Crippen molar-refractivity contribution >= 4 is 17.0 Å². The minimum absolute atomic E-state index is 0.0310. The summed E-state index contributed by atoms with van der Waals surface area (Å²) in [7, 11) is 0. The maximum atomic E-state index is 11.0. The number of aliphatic hydroxyl groups is 1. The molecule has 0 spiro atoms. The number of carboxylic acid groups (broad SMARTS) is 1. The van der Waals surface area contributed by atoms with Crippen molar-refractivity contribution in [3.63, 3.8) is 0 Å². The molecule has 1 heterocycles. The molecule has 3 rings (SSSR count). The molecular formula is C17H15N2O4-. The second-order valence-corrected chi connectivity index (χ2v) is 5.13. The van der Waals surface area contributed by atoms with Gasteiger partial charge in [0.1, 0.15) is 18.5 Å². The summed E-state index contributed by atoms with van der Waals surface area (Å²) < 4.78 is 7.24. The van der Waals surface area contributed by atoms with E-state index in [9.17, 15) is 15.0 Å². The second-order valence-electron chi connectivity index (χ2n) is 5.13. The summed E-state index contributed by atoms with van der Waals surface area (Å²) in [6, 6.07) is 13.8. The van der Waals surface area contributed by atoms with Crippen LogP contribution in [0.5, 0.6) is 5.75 Å². The van der Waals surface area contributed by atoms with Gasteiger partial charge in [-0.25, -0.2) is 4.98 Å². The van der Waals surface area contributed by atoms with E-state index in [0.717, 1.165) is 11.0 Å². The minimum Gasteiger partial charge on any atom is -0.545 e. The van der Waals surface area contributed by atoms with E-state index in [2.05, 4.69) is 4.98 Å². The highest BCUT2D eigenvalue weighted by Crippen LogP contribution is 2.18. The summed E-state index contributed by atoms with van der Waals surface area (Å²) >= 11 is 0. The van der Waals surface area contributed by atoms with E-state index in [0.29, 0.717) is 6.54 Å². The molecule has 0 saturated heterocycles. The largest absolute Gasteiger partial charge is 0.545 e. The monoisotopic (exact) mass is 311 g/mol. The Kier molecular flexibility index (Phi) is 4.25. The summed E-state index contributed by atoms with van der Waals surface area (Å²) in [5.74, 6) is -1.13. The zero-order chi connectivity index (χ0) is 16.2. The maximum Gasteiger partial charge on any atom is 0.128 e. The van der Waals surface area contributed by atoms with Gasteiger partial charge in [-0.3, -0.25) is 0 Å². The summed E-state index contributed by atoms with van der Waals surface area (Å²) in [6.45, 7) is 0.269. The van der Waals surface area contributed by atoms with E-state index in [1.54, 1.807) is 18.5 Å². The Morgan fingerprint density at radius 1 is 1.22 bits per heavy atom. The van der Waals surface area contributed by atoms with Crippen LogP contribution in [-0.2, 0) is 6.54 Å². The van der Waals surface area contributed by atoms with Gasteiger partial charge in [-0.05, 0) is 24.3 Å². The van der Waals surface area contributed by atoms with Gasteiger partial charge in [-0.2, -0.15) is 0 Å². The predicted octanol–water partition coefficient (Wildman–Crippen LogP) is 0.840. The molecule has 118 valence electrons. The van der Waals surface area contributed by atoms with Crippen LogP contribution in [0.15, 0.2) is 54.9 Å². The average molecular weight is 311 g/mol. The van der Waals surface area contributed by atoms with Gasteiger partial charge in [0.2, 0.25) is 0 Å². The highest BCUT2D eigenvalue weighted by atomic mass is 16.5. The molecule has 0 fully saturated rings. The van der Waals surface area contributed by atoms with Crippen LogP contribution in [-0.4, -0.2) is 33.3 Å². The number of para-hydroxylation sites is 3. The van der Waals surface area contributed by atoms with Gasteiger partial charge in [-0.15, -0.1) is 0 Å². The molecule has 1 atom stereocenters. The van der Waals surface area contributed by atoms with Crippen LogP contribution in [0.4, 0.5) is 0 Å². The molecule has 0 aliphatic rings. The molecule has 1 unspecified atom stereocenters. The Hall–Kier alpha value is -2.86. The van der Waals surface area contributed by atoms with Crippen molar-refractivity contribution in [1.29, 1.82) is 0 Å². The molecule has 0 bridgehead atoms. The fraction of sp³-hybridized carbons (Fsp3) is 0.176. The SMILES string of the molecule is O=C([O-])c1ccccc1OCC(O)Cn1cnc2ccccc21. The third-order valence-electron chi connectivity index (χ3n) is 3.47. The van der Waals surface area contributed by atoms with Crippen LogP contribution in [0.25, 0.3) is 11.0 Å². The molecule has 0 radical (unpaired) electrons. The van der Waals surface area contributed by atoms with Crippen molar-refractivity contribution < 1.29 is 19.7 Å². The van der Waals surface area contributed by atoms with Gasteiger partial charge in [0.15, 0.2) is 0 Å². The lowest BCUT2D eigenvalue weighted by Crippen LogP contribution is -2.26. The van der Waals surface area contributed by atoms with Crippen LogP contribution in [0.3, 0.4) is 0 Å². The molecule has 0 amide bonds. The Labute approximate surface area is 132 Å². The molecule has 23 heavy (non-hydrogen) atoms. The van der Waals surface area contributed by atoms with Crippen molar-refractivity contribution in [3.8, 4) is 5.75 Å². The van der Waals surface area contributed by atoms with E-state index in [4.69, 9.17) is 4.74 Å². The first-order valence-corrected chi connectivity index (χ1v) is 7.16. The van der Waals surface area contributed by atoms with Gasteiger partial charge >= 0.3 is 0 Å². The van der Waals surface area contributed by atoms with Gasteiger partial charge < -0.3 is 24.3 Å². The maximum absolute atomic E-state index is 11.0. The van der Waals surface area contributed by atoms with E-state index in [1.165, 1.54) is 12.1 Å². The Morgan fingerprint density at radius 2 is 1.96 bits per heavy atom. The molecule has 3 aromatic rings. The molecule has 0 aliphatic heterocycles. The number of ether oxygens (including phenoxy) is 1. The molecule has 6 nitrogen and oxygen atoms in total. The molecule has 1 aromatic heterocycles. The fourth-order valence-electron chi connectivity index (χ4n) is 2.38. The normalized spacial score (nSPS) is 12.2. The number of carboxylic acids is 1. The molecule has 0 aliphatic carbocycles. The smallest absolute Gasteiger partial charge is 0.128 e. The first-order chi connectivity index (χ1) is 11.1. The first-order valence-electron chi connectivity index (χ1n) is 7.16. The average Bonchev–Trinajstić information content (AvgIpc) is 2.96. The lowest BCUT2D eigenvalue weighted by atomic mass is 10.2. The van der Waals surface area contributed by atoms with Crippen LogP contribution >= 0.6 is 0 Å². The van der Waals surface area contributed by atoms with Gasteiger partial charge in [0.25, 0.3) is 0 Å². The van der Waals surface area contributed by atoms with E-state index in [1.807, 2.05) is 28.8 Å². The van der Waals surface area contributed by atoms with E-state index in [-0.39, 0.29) is 17.9 Å². The van der Waals surface area contributed by atoms with Crippen LogP contribution in [0, 0.1) is 0 Å². The molecule has 0 saturated carbocycles. The topological polar surface area (TPSA) is 87.4 Å². The van der Waals surface area contributed by atoms with Gasteiger partial charge in [-0.1, -0.05) is 24.3 Å². The summed E-state index contributed by atoms with van der Waals surface area (Å²) in [6.07, 6.45) is 0.852. The van der Waals surface area contributed by atoms with Crippen molar-refractivity contribution in [3.05, 3.63) is 60.4 Å².